The summed E-state index contributed by atoms with van der Waals surface area (Å²) >= 11 is 0. The third-order valence-corrected chi connectivity index (χ3v) is 6.79. The molecule has 2 aliphatic heterocycles. The van der Waals surface area contributed by atoms with Crippen molar-refractivity contribution in [2.75, 3.05) is 13.1 Å². The average Bonchev–Trinajstić information content (AvgIpc) is 2.50. The summed E-state index contributed by atoms with van der Waals surface area (Å²) in [7, 11) is 0. The van der Waals surface area contributed by atoms with E-state index in [0.29, 0.717) is 11.3 Å². The summed E-state index contributed by atoms with van der Waals surface area (Å²) in [5, 5.41) is 7.83. The van der Waals surface area contributed by atoms with Crippen LogP contribution in [0.3, 0.4) is 0 Å². The minimum absolute atomic E-state index is 0.0755. The second-order valence-electron chi connectivity index (χ2n) is 9.58. The first kappa shape index (κ1) is 18.4. The summed E-state index contributed by atoms with van der Waals surface area (Å²) in [5.41, 5.74) is 4.39. The fraction of sp³-hybridized carbons (Fsp3) is 0.682. The first-order valence-corrected chi connectivity index (χ1v) is 9.72. The van der Waals surface area contributed by atoms with E-state index in [0.717, 1.165) is 25.3 Å². The highest BCUT2D eigenvalue weighted by Crippen LogP contribution is 2.49. The summed E-state index contributed by atoms with van der Waals surface area (Å²) < 4.78 is 0. The topological polar surface area (TPSA) is 33.6 Å². The highest BCUT2D eigenvalue weighted by Gasteiger charge is 2.44. The van der Waals surface area contributed by atoms with Crippen LogP contribution in [0.25, 0.3) is 0 Å². The predicted molar refractivity (Wildman–Crippen MR) is 106 cm³/mol. The number of hydrogen-bond donors (Lipinski definition) is 1. The van der Waals surface area contributed by atoms with Crippen LogP contribution in [-0.2, 0) is 11.8 Å². The van der Waals surface area contributed by atoms with Gasteiger partial charge in [0.1, 0.15) is 0 Å². The Balaban J connectivity index is 2.15. The van der Waals surface area contributed by atoms with E-state index in [2.05, 4.69) is 71.1 Å². The van der Waals surface area contributed by atoms with Gasteiger partial charge in [0.05, 0.1) is 6.21 Å². The van der Waals surface area contributed by atoms with E-state index in [4.69, 9.17) is 4.84 Å². The molecule has 138 valence electrons. The van der Waals surface area contributed by atoms with Gasteiger partial charge in [-0.05, 0) is 42.1 Å². The van der Waals surface area contributed by atoms with Crippen molar-refractivity contribution < 1.29 is 4.84 Å². The monoisotopic (exact) mass is 342 g/mol. The molecule has 2 aliphatic rings. The van der Waals surface area contributed by atoms with Crippen molar-refractivity contribution in [3.8, 4) is 5.75 Å². The van der Waals surface area contributed by atoms with Crippen molar-refractivity contribution in [3.63, 3.8) is 0 Å². The van der Waals surface area contributed by atoms with Gasteiger partial charge in [-0.1, -0.05) is 58.8 Å². The molecule has 0 aliphatic carbocycles. The quantitative estimate of drug-likeness (QED) is 0.832. The molecule has 0 spiro atoms. The van der Waals surface area contributed by atoms with E-state index in [1.165, 1.54) is 23.1 Å². The molecule has 1 unspecified atom stereocenters. The standard InChI is InChI=1S/C22H34N2O/c1-8-22(13-23-14-22)11-17-16(15(2)3)9-10-18-19(17)25-24-12-21(18,7)20(4,5)6/h9-10,12,15,23H,8,11,13-14H2,1-7H3. The molecular weight excluding hydrogens is 308 g/mol. The second kappa shape index (κ2) is 6.12. The van der Waals surface area contributed by atoms with Gasteiger partial charge in [0.25, 0.3) is 0 Å². The van der Waals surface area contributed by atoms with Gasteiger partial charge in [-0.15, -0.1) is 0 Å². The minimum Gasteiger partial charge on any atom is -0.357 e. The van der Waals surface area contributed by atoms with Crippen LogP contribution < -0.4 is 10.2 Å². The van der Waals surface area contributed by atoms with E-state index in [9.17, 15) is 0 Å². The molecular formula is C22H34N2O. The van der Waals surface area contributed by atoms with Crippen LogP contribution in [0.15, 0.2) is 17.3 Å². The molecule has 3 heteroatoms. The molecule has 2 heterocycles. The SMILES string of the molecule is CCC1(Cc2c(C(C)C)ccc3c2ON=CC3(C)C(C)(C)C)CNC1. The Morgan fingerprint density at radius 3 is 2.40 bits per heavy atom. The molecule has 1 aromatic carbocycles. The first-order valence-electron chi connectivity index (χ1n) is 9.72. The van der Waals surface area contributed by atoms with Crippen LogP contribution in [0, 0.1) is 10.8 Å². The van der Waals surface area contributed by atoms with Crippen molar-refractivity contribution >= 4 is 6.21 Å². The first-order chi connectivity index (χ1) is 11.6. The molecule has 0 saturated carbocycles. The van der Waals surface area contributed by atoms with Crippen LogP contribution in [0.2, 0.25) is 0 Å². The second-order valence-corrected chi connectivity index (χ2v) is 9.58. The Kier molecular flexibility index (Phi) is 4.51. The number of hydrogen-bond acceptors (Lipinski definition) is 3. The molecule has 1 fully saturated rings. The van der Waals surface area contributed by atoms with Gasteiger partial charge in [-0.2, -0.15) is 0 Å². The van der Waals surface area contributed by atoms with Crippen LogP contribution in [0.5, 0.6) is 5.75 Å². The van der Waals surface area contributed by atoms with Crippen molar-refractivity contribution in [2.45, 2.75) is 72.6 Å². The van der Waals surface area contributed by atoms with Gasteiger partial charge < -0.3 is 10.2 Å². The summed E-state index contributed by atoms with van der Waals surface area (Å²) in [5.74, 6) is 1.50. The van der Waals surface area contributed by atoms with Crippen molar-refractivity contribution in [3.05, 3.63) is 28.8 Å². The smallest absolute Gasteiger partial charge is 0.165 e. The largest absolute Gasteiger partial charge is 0.357 e. The highest BCUT2D eigenvalue weighted by atomic mass is 16.6. The Labute approximate surface area is 153 Å². The van der Waals surface area contributed by atoms with Gasteiger partial charge in [-0.25, -0.2) is 0 Å². The molecule has 0 bridgehead atoms. The van der Waals surface area contributed by atoms with Crippen molar-refractivity contribution in [2.24, 2.45) is 16.0 Å². The average molecular weight is 343 g/mol. The summed E-state index contributed by atoms with van der Waals surface area (Å²) in [6.45, 7) is 18.2. The van der Waals surface area contributed by atoms with Gasteiger partial charge >= 0.3 is 0 Å². The predicted octanol–water partition coefficient (Wildman–Crippen LogP) is 5.03. The van der Waals surface area contributed by atoms with E-state index < -0.39 is 0 Å². The zero-order valence-electron chi connectivity index (χ0n) is 17.0. The third-order valence-electron chi connectivity index (χ3n) is 6.79. The fourth-order valence-corrected chi connectivity index (χ4v) is 4.08. The van der Waals surface area contributed by atoms with Gasteiger partial charge in [0, 0.05) is 29.6 Å². The van der Waals surface area contributed by atoms with Crippen LogP contribution >= 0.6 is 0 Å². The van der Waals surface area contributed by atoms with Gasteiger partial charge in [0.15, 0.2) is 5.75 Å². The zero-order chi connectivity index (χ0) is 18.5. The normalized spacial score (nSPS) is 24.6. The van der Waals surface area contributed by atoms with Gasteiger partial charge in [-0.3, -0.25) is 0 Å². The lowest BCUT2D eigenvalue weighted by Gasteiger charge is -2.45. The zero-order valence-corrected chi connectivity index (χ0v) is 17.0. The Morgan fingerprint density at radius 1 is 1.24 bits per heavy atom. The lowest BCUT2D eigenvalue weighted by atomic mass is 9.63. The molecule has 3 rings (SSSR count). The summed E-state index contributed by atoms with van der Waals surface area (Å²) in [6.07, 6.45) is 4.26. The Morgan fingerprint density at radius 2 is 1.92 bits per heavy atom. The molecule has 1 saturated heterocycles. The minimum atomic E-state index is -0.123. The van der Waals surface area contributed by atoms with E-state index in [1.54, 1.807) is 0 Å². The molecule has 1 aromatic rings. The lowest BCUT2D eigenvalue weighted by molar-refractivity contribution is 0.156. The molecule has 1 atom stereocenters. The highest BCUT2D eigenvalue weighted by molar-refractivity contribution is 5.78. The van der Waals surface area contributed by atoms with Crippen LogP contribution in [-0.4, -0.2) is 19.3 Å². The molecule has 3 nitrogen and oxygen atoms in total. The van der Waals surface area contributed by atoms with Gasteiger partial charge in [0.2, 0.25) is 0 Å². The van der Waals surface area contributed by atoms with E-state index in [-0.39, 0.29) is 10.8 Å². The number of nitrogens with zero attached hydrogens (tertiary/aromatic N) is 1. The molecule has 0 radical (unpaired) electrons. The Hall–Kier alpha value is -1.35. The molecule has 25 heavy (non-hydrogen) atoms. The maximum absolute atomic E-state index is 5.94. The van der Waals surface area contributed by atoms with Crippen LogP contribution in [0.4, 0.5) is 0 Å². The fourth-order valence-electron chi connectivity index (χ4n) is 4.08. The maximum atomic E-state index is 5.94. The Bertz CT molecular complexity index is 674. The van der Waals surface area contributed by atoms with Crippen molar-refractivity contribution in [1.29, 1.82) is 0 Å². The van der Waals surface area contributed by atoms with E-state index >= 15 is 0 Å². The lowest BCUT2D eigenvalue weighted by Crippen LogP contribution is -2.54. The molecule has 0 aromatic heterocycles. The molecule has 0 amide bonds. The number of nitrogens with one attached hydrogen (secondary N) is 1. The van der Waals surface area contributed by atoms with Crippen molar-refractivity contribution in [1.82, 2.24) is 5.32 Å². The third kappa shape index (κ3) is 2.91. The summed E-state index contributed by atoms with van der Waals surface area (Å²) in [4.78, 5) is 5.94. The molecule has 1 N–H and O–H groups in total. The number of benzene rings is 1. The number of fused-ring (bicyclic) bond motifs is 1. The van der Waals surface area contributed by atoms with E-state index in [1.807, 2.05) is 6.21 Å². The number of rotatable bonds is 4. The number of oxime groups is 1. The maximum Gasteiger partial charge on any atom is 0.165 e. The van der Waals surface area contributed by atoms with Crippen LogP contribution in [0.1, 0.15) is 77.5 Å². The summed E-state index contributed by atoms with van der Waals surface area (Å²) in [6, 6.07) is 4.61.